The van der Waals surface area contributed by atoms with E-state index in [4.69, 9.17) is 15.7 Å². The smallest absolute Gasteiger partial charge is 0.234 e. The van der Waals surface area contributed by atoms with Gasteiger partial charge in [-0.1, -0.05) is 42.1 Å². The Labute approximate surface area is 171 Å². The summed E-state index contributed by atoms with van der Waals surface area (Å²) in [6.07, 6.45) is 0. The lowest BCUT2D eigenvalue weighted by atomic mass is 10.2. The average molecular weight is 401 g/mol. The van der Waals surface area contributed by atoms with E-state index in [2.05, 4.69) is 10.3 Å². The summed E-state index contributed by atoms with van der Waals surface area (Å²) in [5.74, 6) is 0.894. The largest absolute Gasteiger partial charge is 0.455 e. The van der Waals surface area contributed by atoms with Gasteiger partial charge in [0.25, 0.3) is 0 Å². The number of carbonyl (C=O) groups excluding carboxylic acids is 1. The number of benzene rings is 2. The number of anilines is 2. The summed E-state index contributed by atoms with van der Waals surface area (Å²) in [5.41, 5.74) is 6.55. The first-order valence-electron chi connectivity index (χ1n) is 8.46. The van der Waals surface area contributed by atoms with Crippen molar-refractivity contribution in [3.8, 4) is 23.6 Å². The summed E-state index contributed by atoms with van der Waals surface area (Å²) >= 11 is 1.07. The van der Waals surface area contributed by atoms with E-state index < -0.39 is 0 Å². The molecule has 1 heterocycles. The molecule has 0 aliphatic carbocycles. The lowest BCUT2D eigenvalue weighted by molar-refractivity contribution is -0.113. The zero-order valence-electron chi connectivity index (χ0n) is 15.1. The first-order valence-corrected chi connectivity index (χ1v) is 9.44. The van der Waals surface area contributed by atoms with Crippen LogP contribution in [0, 0.1) is 22.7 Å². The van der Waals surface area contributed by atoms with E-state index in [0.29, 0.717) is 22.2 Å². The molecule has 29 heavy (non-hydrogen) atoms. The monoisotopic (exact) mass is 401 g/mol. The maximum atomic E-state index is 12.4. The zero-order chi connectivity index (χ0) is 20.6. The molecule has 0 saturated carbocycles. The molecule has 3 aromatic rings. The van der Waals surface area contributed by atoms with E-state index in [1.54, 1.807) is 18.2 Å². The van der Waals surface area contributed by atoms with Crippen LogP contribution in [0.2, 0.25) is 0 Å². The molecule has 0 radical (unpaired) electrons. The minimum absolute atomic E-state index is 0.00664. The van der Waals surface area contributed by atoms with Crippen molar-refractivity contribution in [1.29, 1.82) is 10.5 Å². The Morgan fingerprint density at radius 2 is 1.76 bits per heavy atom. The highest BCUT2D eigenvalue weighted by atomic mass is 32.2. The average Bonchev–Trinajstić information content (AvgIpc) is 2.74. The van der Waals surface area contributed by atoms with Crippen LogP contribution in [0.25, 0.3) is 0 Å². The summed E-state index contributed by atoms with van der Waals surface area (Å²) < 4.78 is 5.83. The molecular formula is C21H15N5O2S. The Balaban J connectivity index is 1.69. The fraction of sp³-hybridized carbons (Fsp3) is 0.0476. The summed E-state index contributed by atoms with van der Waals surface area (Å²) in [6, 6.07) is 21.5. The standard InChI is InChI=1S/C21H15N5O2S/c22-11-14-10-15(12-23)21(26-20(14)24)29-13-19(27)25-17-8-4-5-9-18(17)28-16-6-2-1-3-7-16/h1-10H,13H2,(H2,24,26)(H,25,27). The van der Waals surface area contributed by atoms with Gasteiger partial charge >= 0.3 is 0 Å². The zero-order valence-corrected chi connectivity index (χ0v) is 15.9. The molecule has 1 amide bonds. The third-order valence-corrected chi connectivity index (χ3v) is 4.72. The first-order chi connectivity index (χ1) is 14.1. The Bertz CT molecular complexity index is 1120. The van der Waals surface area contributed by atoms with Crippen molar-refractivity contribution in [1.82, 2.24) is 4.98 Å². The van der Waals surface area contributed by atoms with E-state index in [0.717, 1.165) is 11.8 Å². The molecule has 8 heteroatoms. The predicted octanol–water partition coefficient (Wildman–Crippen LogP) is 3.93. The van der Waals surface area contributed by atoms with Crippen molar-refractivity contribution in [3.05, 3.63) is 71.8 Å². The van der Waals surface area contributed by atoms with Crippen LogP contribution in [0.5, 0.6) is 11.5 Å². The molecule has 0 spiro atoms. The van der Waals surface area contributed by atoms with Crippen LogP contribution in [0.4, 0.5) is 11.5 Å². The van der Waals surface area contributed by atoms with Gasteiger partial charge < -0.3 is 15.8 Å². The molecule has 0 unspecified atom stereocenters. The van der Waals surface area contributed by atoms with Crippen molar-refractivity contribution >= 4 is 29.2 Å². The van der Waals surface area contributed by atoms with Gasteiger partial charge in [0.2, 0.25) is 5.91 Å². The van der Waals surface area contributed by atoms with Gasteiger partial charge in [-0.15, -0.1) is 0 Å². The van der Waals surface area contributed by atoms with Gasteiger partial charge in [-0.05, 0) is 30.3 Å². The molecule has 7 nitrogen and oxygen atoms in total. The van der Waals surface area contributed by atoms with Crippen LogP contribution in [0.1, 0.15) is 11.1 Å². The molecule has 3 rings (SSSR count). The highest BCUT2D eigenvalue weighted by Crippen LogP contribution is 2.30. The lowest BCUT2D eigenvalue weighted by Crippen LogP contribution is -2.15. The number of amides is 1. The lowest BCUT2D eigenvalue weighted by Gasteiger charge is -2.12. The summed E-state index contributed by atoms with van der Waals surface area (Å²) in [5, 5.41) is 21.3. The number of carbonyl (C=O) groups is 1. The van der Waals surface area contributed by atoms with E-state index in [-0.39, 0.29) is 28.6 Å². The van der Waals surface area contributed by atoms with Crippen LogP contribution >= 0.6 is 11.8 Å². The number of aromatic nitrogens is 1. The van der Waals surface area contributed by atoms with Gasteiger partial charge in [-0.3, -0.25) is 4.79 Å². The van der Waals surface area contributed by atoms with E-state index in [9.17, 15) is 10.1 Å². The molecule has 2 aromatic carbocycles. The van der Waals surface area contributed by atoms with Crippen LogP contribution in [0.3, 0.4) is 0 Å². The molecule has 0 saturated heterocycles. The number of nitrogens with two attached hydrogens (primary N) is 1. The maximum Gasteiger partial charge on any atom is 0.234 e. The van der Waals surface area contributed by atoms with Gasteiger partial charge in [0.05, 0.1) is 22.6 Å². The van der Waals surface area contributed by atoms with Gasteiger partial charge in [0.1, 0.15) is 28.7 Å². The topological polar surface area (TPSA) is 125 Å². The number of nitrogens with one attached hydrogen (secondary N) is 1. The Hall–Kier alpha value is -4.01. The number of nitrogen functional groups attached to an aromatic ring is 1. The van der Waals surface area contributed by atoms with Crippen LogP contribution in [0.15, 0.2) is 65.7 Å². The van der Waals surface area contributed by atoms with Crippen molar-refractivity contribution in [2.75, 3.05) is 16.8 Å². The van der Waals surface area contributed by atoms with Crippen molar-refractivity contribution in [2.24, 2.45) is 0 Å². The van der Waals surface area contributed by atoms with Crippen molar-refractivity contribution < 1.29 is 9.53 Å². The SMILES string of the molecule is N#Cc1cc(C#N)c(SCC(=O)Nc2ccccc2Oc2ccccc2)nc1N. The number of nitriles is 2. The van der Waals surface area contributed by atoms with E-state index in [1.165, 1.54) is 6.07 Å². The van der Waals surface area contributed by atoms with Crippen LogP contribution < -0.4 is 15.8 Å². The molecule has 0 aliphatic heterocycles. The number of para-hydroxylation sites is 3. The van der Waals surface area contributed by atoms with Gasteiger partial charge in [0.15, 0.2) is 5.75 Å². The molecule has 1 aromatic heterocycles. The number of hydrogen-bond donors (Lipinski definition) is 2. The van der Waals surface area contributed by atoms with Gasteiger partial charge in [-0.2, -0.15) is 10.5 Å². The molecule has 0 atom stereocenters. The Kier molecular flexibility index (Phi) is 6.31. The molecule has 3 N–H and O–H groups in total. The second kappa shape index (κ2) is 9.27. The van der Waals surface area contributed by atoms with Crippen LogP contribution in [-0.4, -0.2) is 16.6 Å². The van der Waals surface area contributed by atoms with Crippen LogP contribution in [-0.2, 0) is 4.79 Å². The van der Waals surface area contributed by atoms with E-state index in [1.807, 2.05) is 48.5 Å². The summed E-state index contributed by atoms with van der Waals surface area (Å²) in [4.78, 5) is 16.5. The number of rotatable bonds is 6. The fourth-order valence-electron chi connectivity index (χ4n) is 2.38. The molecule has 142 valence electrons. The third-order valence-electron chi connectivity index (χ3n) is 3.73. The number of nitrogens with zero attached hydrogens (tertiary/aromatic N) is 3. The number of pyridine rings is 1. The van der Waals surface area contributed by atoms with Crippen molar-refractivity contribution in [3.63, 3.8) is 0 Å². The van der Waals surface area contributed by atoms with E-state index >= 15 is 0 Å². The highest BCUT2D eigenvalue weighted by molar-refractivity contribution is 8.00. The van der Waals surface area contributed by atoms with Gasteiger partial charge in [-0.25, -0.2) is 4.98 Å². The minimum atomic E-state index is -0.298. The normalized spacial score (nSPS) is 9.86. The molecule has 0 aliphatic rings. The first kappa shape index (κ1) is 19.7. The predicted molar refractivity (Wildman–Crippen MR) is 110 cm³/mol. The summed E-state index contributed by atoms with van der Waals surface area (Å²) in [7, 11) is 0. The molecule has 0 bridgehead atoms. The number of ether oxygens (including phenoxy) is 1. The third kappa shape index (κ3) is 5.04. The second-order valence-corrected chi connectivity index (χ2v) is 6.71. The molecule has 0 fully saturated rings. The Morgan fingerprint density at radius 1 is 1.07 bits per heavy atom. The van der Waals surface area contributed by atoms with Crippen molar-refractivity contribution in [2.45, 2.75) is 5.03 Å². The molecular weight excluding hydrogens is 386 g/mol. The number of hydrogen-bond acceptors (Lipinski definition) is 7. The summed E-state index contributed by atoms with van der Waals surface area (Å²) in [6.45, 7) is 0. The second-order valence-electron chi connectivity index (χ2n) is 5.75. The Morgan fingerprint density at radius 3 is 2.48 bits per heavy atom. The minimum Gasteiger partial charge on any atom is -0.455 e. The highest BCUT2D eigenvalue weighted by Gasteiger charge is 2.14. The number of thioether (sulfide) groups is 1. The fourth-order valence-corrected chi connectivity index (χ4v) is 3.15. The quantitative estimate of drug-likeness (QED) is 0.599. The maximum absolute atomic E-state index is 12.4. The van der Waals surface area contributed by atoms with Gasteiger partial charge in [0, 0.05) is 0 Å².